The Morgan fingerprint density at radius 2 is 2.30 bits per heavy atom. The molecule has 6 heteroatoms. The predicted molar refractivity (Wildman–Crippen MR) is 84.5 cm³/mol. The monoisotopic (exact) mass is 404 g/mol. The second kappa shape index (κ2) is 5.37. The fourth-order valence-electron chi connectivity index (χ4n) is 2.32. The van der Waals surface area contributed by atoms with E-state index in [1.54, 1.807) is 12.3 Å². The number of hydrogen-bond donors (Lipinski definition) is 0. The lowest BCUT2D eigenvalue weighted by molar-refractivity contribution is 0.446. The molecule has 0 saturated carbocycles. The Balaban J connectivity index is 2.25. The first-order valence-electron chi connectivity index (χ1n) is 6.07. The number of furan rings is 1. The van der Waals surface area contributed by atoms with E-state index in [1.807, 2.05) is 46.2 Å². The summed E-state index contributed by atoms with van der Waals surface area (Å²) in [5, 5.41) is 0. The number of benzene rings is 1. The minimum atomic E-state index is -0.257. The molecule has 0 aliphatic carbocycles. The van der Waals surface area contributed by atoms with Crippen molar-refractivity contribution in [1.82, 2.24) is 9.55 Å². The Kier molecular flexibility index (Phi) is 3.72. The standard InChI is InChI=1S/C14H11ClFIN2O/c1-8(13-3-2-4-20-13)19-12-5-9(16)10(17)6-11(12)18-14(19)7-15/h2-6,8H,7H2,1H3. The van der Waals surface area contributed by atoms with Gasteiger partial charge in [-0.05, 0) is 47.7 Å². The van der Waals surface area contributed by atoms with Crippen LogP contribution in [-0.2, 0) is 5.88 Å². The Labute approximate surface area is 133 Å². The van der Waals surface area contributed by atoms with Crippen LogP contribution in [0.2, 0.25) is 0 Å². The Bertz CT molecular complexity index is 754. The Morgan fingerprint density at radius 3 is 2.95 bits per heavy atom. The molecule has 104 valence electrons. The van der Waals surface area contributed by atoms with Gasteiger partial charge in [0.05, 0.1) is 32.8 Å². The molecule has 0 amide bonds. The van der Waals surface area contributed by atoms with Crippen LogP contribution in [0.5, 0.6) is 0 Å². The molecule has 0 bridgehead atoms. The van der Waals surface area contributed by atoms with Gasteiger partial charge in [-0.1, -0.05) is 0 Å². The van der Waals surface area contributed by atoms with Crippen molar-refractivity contribution in [2.24, 2.45) is 0 Å². The van der Waals surface area contributed by atoms with Crippen LogP contribution in [0.15, 0.2) is 34.9 Å². The zero-order chi connectivity index (χ0) is 14.3. The second-order valence-corrected chi connectivity index (χ2v) is 5.91. The highest BCUT2D eigenvalue weighted by Crippen LogP contribution is 2.29. The van der Waals surface area contributed by atoms with E-state index in [-0.39, 0.29) is 17.7 Å². The third-order valence-electron chi connectivity index (χ3n) is 3.27. The van der Waals surface area contributed by atoms with Gasteiger partial charge in [0, 0.05) is 6.07 Å². The van der Waals surface area contributed by atoms with E-state index >= 15 is 0 Å². The molecule has 0 fully saturated rings. The quantitative estimate of drug-likeness (QED) is 0.467. The molecule has 2 heterocycles. The maximum absolute atomic E-state index is 13.8. The first kappa shape index (κ1) is 13.9. The van der Waals surface area contributed by atoms with Gasteiger partial charge in [-0.2, -0.15) is 0 Å². The lowest BCUT2D eigenvalue weighted by Crippen LogP contribution is -2.09. The topological polar surface area (TPSA) is 31.0 Å². The first-order chi connectivity index (χ1) is 9.61. The van der Waals surface area contributed by atoms with Crippen molar-refractivity contribution < 1.29 is 8.81 Å². The molecular weight excluding hydrogens is 394 g/mol. The normalized spacial score (nSPS) is 13.0. The first-order valence-corrected chi connectivity index (χ1v) is 7.68. The fraction of sp³-hybridized carbons (Fsp3) is 0.214. The van der Waals surface area contributed by atoms with Gasteiger partial charge in [-0.25, -0.2) is 9.37 Å². The lowest BCUT2D eigenvalue weighted by atomic mass is 10.2. The van der Waals surface area contributed by atoms with Crippen LogP contribution in [0.3, 0.4) is 0 Å². The summed E-state index contributed by atoms with van der Waals surface area (Å²) in [6.45, 7) is 1.98. The van der Waals surface area contributed by atoms with Crippen LogP contribution < -0.4 is 0 Å². The summed E-state index contributed by atoms with van der Waals surface area (Å²) in [5.74, 6) is 1.49. The number of fused-ring (bicyclic) bond motifs is 1. The second-order valence-electron chi connectivity index (χ2n) is 4.48. The molecule has 0 spiro atoms. The lowest BCUT2D eigenvalue weighted by Gasteiger charge is -2.14. The van der Waals surface area contributed by atoms with Crippen LogP contribution >= 0.6 is 34.2 Å². The predicted octanol–water partition coefficient (Wildman–Crippen LogP) is 4.72. The average molecular weight is 405 g/mol. The van der Waals surface area contributed by atoms with Crippen LogP contribution in [0.25, 0.3) is 11.0 Å². The van der Waals surface area contributed by atoms with Crippen LogP contribution in [0.1, 0.15) is 24.6 Å². The van der Waals surface area contributed by atoms with Crippen LogP contribution in [0, 0.1) is 9.39 Å². The van der Waals surface area contributed by atoms with Gasteiger partial charge in [0.15, 0.2) is 0 Å². The Morgan fingerprint density at radius 1 is 1.50 bits per heavy atom. The Hall–Kier alpha value is -1.08. The van der Waals surface area contributed by atoms with E-state index < -0.39 is 0 Å². The molecule has 0 saturated heterocycles. The molecule has 3 rings (SSSR count). The van der Waals surface area contributed by atoms with Crippen molar-refractivity contribution in [3.05, 3.63) is 51.5 Å². The molecule has 1 unspecified atom stereocenters. The molecule has 0 aliphatic heterocycles. The summed E-state index contributed by atoms with van der Waals surface area (Å²) in [6, 6.07) is 6.85. The number of alkyl halides is 1. The summed E-state index contributed by atoms with van der Waals surface area (Å²) >= 11 is 7.94. The van der Waals surface area contributed by atoms with Crippen molar-refractivity contribution in [2.45, 2.75) is 18.8 Å². The van der Waals surface area contributed by atoms with Crippen molar-refractivity contribution in [2.75, 3.05) is 0 Å². The highest BCUT2D eigenvalue weighted by atomic mass is 127. The van der Waals surface area contributed by atoms with Gasteiger partial charge >= 0.3 is 0 Å². The number of halogens is 3. The minimum absolute atomic E-state index is 0.0942. The summed E-state index contributed by atoms with van der Waals surface area (Å²) in [4.78, 5) is 4.48. The molecule has 20 heavy (non-hydrogen) atoms. The van der Waals surface area contributed by atoms with E-state index in [2.05, 4.69) is 4.98 Å². The summed E-state index contributed by atoms with van der Waals surface area (Å²) in [5.41, 5.74) is 1.47. The highest BCUT2D eigenvalue weighted by molar-refractivity contribution is 14.1. The third kappa shape index (κ3) is 2.22. The van der Waals surface area contributed by atoms with Crippen molar-refractivity contribution in [3.8, 4) is 0 Å². The molecule has 0 aliphatic rings. The molecular formula is C14H11ClFIN2O. The maximum Gasteiger partial charge on any atom is 0.138 e. The van der Waals surface area contributed by atoms with Crippen molar-refractivity contribution in [1.29, 1.82) is 0 Å². The third-order valence-corrected chi connectivity index (χ3v) is 4.33. The summed E-state index contributed by atoms with van der Waals surface area (Å²) < 4.78 is 21.7. The smallest absolute Gasteiger partial charge is 0.138 e. The van der Waals surface area contributed by atoms with Gasteiger partial charge in [-0.3, -0.25) is 0 Å². The number of imidazole rings is 1. The molecule has 1 atom stereocenters. The number of aromatic nitrogens is 2. The van der Waals surface area contributed by atoms with E-state index in [9.17, 15) is 4.39 Å². The zero-order valence-corrected chi connectivity index (χ0v) is 13.5. The van der Waals surface area contributed by atoms with Gasteiger partial charge in [0.1, 0.15) is 17.4 Å². The number of rotatable bonds is 3. The molecule has 0 radical (unpaired) electrons. The number of nitrogens with zero attached hydrogens (tertiary/aromatic N) is 2. The highest BCUT2D eigenvalue weighted by Gasteiger charge is 2.19. The SMILES string of the molecule is CC(c1ccco1)n1c(CCl)nc2cc(I)c(F)cc21. The summed E-state index contributed by atoms with van der Waals surface area (Å²) in [7, 11) is 0. The zero-order valence-electron chi connectivity index (χ0n) is 10.6. The van der Waals surface area contributed by atoms with Gasteiger partial charge < -0.3 is 8.98 Å². The van der Waals surface area contributed by atoms with E-state index in [1.165, 1.54) is 6.07 Å². The number of hydrogen-bond acceptors (Lipinski definition) is 2. The molecule has 3 nitrogen and oxygen atoms in total. The van der Waals surface area contributed by atoms with Crippen LogP contribution in [0.4, 0.5) is 4.39 Å². The largest absolute Gasteiger partial charge is 0.467 e. The average Bonchev–Trinajstić information content (AvgIpc) is 3.06. The van der Waals surface area contributed by atoms with Gasteiger partial charge in [-0.15, -0.1) is 11.6 Å². The van der Waals surface area contributed by atoms with Gasteiger partial charge in [0.25, 0.3) is 0 Å². The van der Waals surface area contributed by atoms with Crippen molar-refractivity contribution >= 4 is 45.2 Å². The van der Waals surface area contributed by atoms with Crippen molar-refractivity contribution in [3.63, 3.8) is 0 Å². The molecule has 0 N–H and O–H groups in total. The van der Waals surface area contributed by atoms with E-state index in [0.29, 0.717) is 9.39 Å². The van der Waals surface area contributed by atoms with Gasteiger partial charge in [0.2, 0.25) is 0 Å². The van der Waals surface area contributed by atoms with E-state index in [4.69, 9.17) is 16.0 Å². The fourth-order valence-corrected chi connectivity index (χ4v) is 2.96. The minimum Gasteiger partial charge on any atom is -0.467 e. The van der Waals surface area contributed by atoms with E-state index in [0.717, 1.165) is 16.8 Å². The summed E-state index contributed by atoms with van der Waals surface area (Å²) in [6.07, 6.45) is 1.62. The molecule has 3 aromatic rings. The molecule has 1 aromatic carbocycles. The molecule has 2 aromatic heterocycles. The van der Waals surface area contributed by atoms with Crippen LogP contribution in [-0.4, -0.2) is 9.55 Å². The maximum atomic E-state index is 13.8.